The van der Waals surface area contributed by atoms with Gasteiger partial charge < -0.3 is 15.5 Å². The maximum Gasteiger partial charge on any atom is 0.228 e. The van der Waals surface area contributed by atoms with Crippen molar-refractivity contribution in [2.24, 2.45) is 0 Å². The summed E-state index contributed by atoms with van der Waals surface area (Å²) in [5, 5.41) is 6.59. The molecule has 1 amide bonds. The number of hydrogen-bond donors (Lipinski definition) is 2. The SMILES string of the molecule is CN(C)c1ccnc(NC2CCC(NC(=O)C3CC(=O)c4ccccc43)CC2)n1. The molecular formula is C22H27N5O2. The predicted octanol–water partition coefficient (Wildman–Crippen LogP) is 2.75. The highest BCUT2D eigenvalue weighted by Gasteiger charge is 2.35. The Morgan fingerprint density at radius 3 is 2.55 bits per heavy atom. The molecule has 7 nitrogen and oxygen atoms in total. The number of amides is 1. The van der Waals surface area contributed by atoms with Crippen molar-refractivity contribution in [1.29, 1.82) is 0 Å². The van der Waals surface area contributed by atoms with Crippen molar-refractivity contribution in [3.8, 4) is 0 Å². The van der Waals surface area contributed by atoms with Gasteiger partial charge in [-0.15, -0.1) is 0 Å². The summed E-state index contributed by atoms with van der Waals surface area (Å²) in [6.07, 6.45) is 5.73. The smallest absolute Gasteiger partial charge is 0.228 e. The topological polar surface area (TPSA) is 87.2 Å². The Labute approximate surface area is 170 Å². The fourth-order valence-corrected chi connectivity index (χ4v) is 4.23. The number of anilines is 2. The zero-order valence-corrected chi connectivity index (χ0v) is 16.9. The second-order valence-electron chi connectivity index (χ2n) is 8.10. The number of Topliss-reactive ketones (excluding diaryl/α,β-unsaturated/α-hetero) is 1. The molecule has 0 bridgehead atoms. The van der Waals surface area contributed by atoms with Gasteiger partial charge in [0.1, 0.15) is 5.82 Å². The van der Waals surface area contributed by atoms with Crippen LogP contribution in [0.1, 0.15) is 53.9 Å². The van der Waals surface area contributed by atoms with Gasteiger partial charge in [0.05, 0.1) is 5.92 Å². The molecule has 2 aliphatic rings. The Kier molecular flexibility index (Phi) is 5.47. The Morgan fingerprint density at radius 1 is 1.07 bits per heavy atom. The van der Waals surface area contributed by atoms with E-state index in [0.717, 1.165) is 37.1 Å². The number of ketones is 1. The highest BCUT2D eigenvalue weighted by atomic mass is 16.2. The number of benzene rings is 1. The van der Waals surface area contributed by atoms with E-state index in [1.165, 1.54) is 0 Å². The molecule has 0 saturated heterocycles. The minimum Gasteiger partial charge on any atom is -0.363 e. The van der Waals surface area contributed by atoms with Crippen LogP contribution in [-0.4, -0.2) is 47.8 Å². The molecule has 7 heteroatoms. The second-order valence-corrected chi connectivity index (χ2v) is 8.10. The van der Waals surface area contributed by atoms with E-state index in [1.807, 2.05) is 49.3 Å². The Morgan fingerprint density at radius 2 is 1.79 bits per heavy atom. The largest absolute Gasteiger partial charge is 0.363 e. The Hall–Kier alpha value is -2.96. The van der Waals surface area contributed by atoms with Gasteiger partial charge in [-0.3, -0.25) is 9.59 Å². The molecule has 152 valence electrons. The van der Waals surface area contributed by atoms with Gasteiger partial charge in [0.25, 0.3) is 0 Å². The van der Waals surface area contributed by atoms with Crippen molar-refractivity contribution < 1.29 is 9.59 Å². The summed E-state index contributed by atoms with van der Waals surface area (Å²) in [5.74, 6) is 1.20. The van der Waals surface area contributed by atoms with Crippen LogP contribution in [0, 0.1) is 0 Å². The fraction of sp³-hybridized carbons (Fsp3) is 0.455. The Balaban J connectivity index is 1.30. The van der Waals surface area contributed by atoms with Gasteiger partial charge in [0, 0.05) is 44.4 Å². The van der Waals surface area contributed by atoms with Crippen LogP contribution in [0.5, 0.6) is 0 Å². The number of carbonyl (C=O) groups is 2. The minimum absolute atomic E-state index is 0.0262. The first kappa shape index (κ1) is 19.4. The first-order valence-electron chi connectivity index (χ1n) is 10.2. The number of carbonyl (C=O) groups excluding carboxylic acids is 2. The average Bonchev–Trinajstić information content (AvgIpc) is 3.07. The van der Waals surface area contributed by atoms with Crippen LogP contribution in [0.25, 0.3) is 0 Å². The van der Waals surface area contributed by atoms with Crippen LogP contribution in [0.15, 0.2) is 36.5 Å². The number of nitrogens with one attached hydrogen (secondary N) is 2. The fourth-order valence-electron chi connectivity index (χ4n) is 4.23. The molecule has 4 rings (SSSR count). The van der Waals surface area contributed by atoms with E-state index in [4.69, 9.17) is 0 Å². The van der Waals surface area contributed by atoms with Gasteiger partial charge in [-0.05, 0) is 37.3 Å². The van der Waals surface area contributed by atoms with E-state index in [-0.39, 0.29) is 30.1 Å². The van der Waals surface area contributed by atoms with Crippen LogP contribution in [0.3, 0.4) is 0 Å². The van der Waals surface area contributed by atoms with Crippen molar-refractivity contribution in [1.82, 2.24) is 15.3 Å². The number of fused-ring (bicyclic) bond motifs is 1. The van der Waals surface area contributed by atoms with Crippen molar-refractivity contribution in [2.75, 3.05) is 24.3 Å². The minimum atomic E-state index is -0.350. The van der Waals surface area contributed by atoms with E-state index >= 15 is 0 Å². The normalized spacial score (nSPS) is 23.4. The lowest BCUT2D eigenvalue weighted by Gasteiger charge is -2.30. The molecule has 1 atom stereocenters. The van der Waals surface area contributed by atoms with Gasteiger partial charge in [-0.2, -0.15) is 4.98 Å². The third-order valence-corrected chi connectivity index (χ3v) is 5.85. The predicted molar refractivity (Wildman–Crippen MR) is 112 cm³/mol. The van der Waals surface area contributed by atoms with Crippen molar-refractivity contribution in [3.05, 3.63) is 47.7 Å². The van der Waals surface area contributed by atoms with Gasteiger partial charge >= 0.3 is 0 Å². The molecule has 1 aromatic heterocycles. The molecule has 1 unspecified atom stereocenters. The maximum absolute atomic E-state index is 12.8. The summed E-state index contributed by atoms with van der Waals surface area (Å²) in [5.41, 5.74) is 1.56. The molecule has 1 heterocycles. The summed E-state index contributed by atoms with van der Waals surface area (Å²) in [6, 6.07) is 9.78. The summed E-state index contributed by atoms with van der Waals surface area (Å²) < 4.78 is 0. The highest BCUT2D eigenvalue weighted by Crippen LogP contribution is 2.33. The number of hydrogen-bond acceptors (Lipinski definition) is 6. The molecule has 1 aromatic carbocycles. The monoisotopic (exact) mass is 393 g/mol. The molecule has 1 fully saturated rings. The Bertz CT molecular complexity index is 906. The van der Waals surface area contributed by atoms with E-state index in [9.17, 15) is 9.59 Å². The standard InChI is InChI=1S/C22H27N5O2/c1-27(2)20-11-12-23-22(26-20)25-15-9-7-14(8-10-15)24-21(29)18-13-19(28)17-6-4-3-5-16(17)18/h3-6,11-12,14-15,18H,7-10,13H2,1-2H3,(H,24,29)(H,23,25,26). The second kappa shape index (κ2) is 8.19. The van der Waals surface area contributed by atoms with Gasteiger partial charge in [0.15, 0.2) is 5.78 Å². The van der Waals surface area contributed by atoms with Crippen LogP contribution in [-0.2, 0) is 4.79 Å². The first-order chi connectivity index (χ1) is 14.0. The lowest BCUT2D eigenvalue weighted by molar-refractivity contribution is -0.123. The third kappa shape index (κ3) is 4.23. The summed E-state index contributed by atoms with van der Waals surface area (Å²) in [7, 11) is 3.91. The number of nitrogens with zero attached hydrogens (tertiary/aromatic N) is 3. The van der Waals surface area contributed by atoms with Crippen molar-refractivity contribution in [2.45, 2.75) is 50.1 Å². The molecule has 29 heavy (non-hydrogen) atoms. The van der Waals surface area contributed by atoms with Crippen molar-refractivity contribution in [3.63, 3.8) is 0 Å². The van der Waals surface area contributed by atoms with Gasteiger partial charge in [0.2, 0.25) is 11.9 Å². The lowest BCUT2D eigenvalue weighted by Crippen LogP contribution is -2.42. The average molecular weight is 393 g/mol. The molecule has 2 N–H and O–H groups in total. The summed E-state index contributed by atoms with van der Waals surface area (Å²) >= 11 is 0. The van der Waals surface area contributed by atoms with E-state index in [1.54, 1.807) is 6.20 Å². The zero-order chi connectivity index (χ0) is 20.4. The summed E-state index contributed by atoms with van der Waals surface area (Å²) in [4.78, 5) is 35.7. The first-order valence-corrected chi connectivity index (χ1v) is 10.2. The van der Waals surface area contributed by atoms with Crippen LogP contribution < -0.4 is 15.5 Å². The van der Waals surface area contributed by atoms with Crippen molar-refractivity contribution >= 4 is 23.5 Å². The van der Waals surface area contributed by atoms with E-state index < -0.39 is 0 Å². The molecule has 2 aromatic rings. The van der Waals surface area contributed by atoms with E-state index in [2.05, 4.69) is 20.6 Å². The van der Waals surface area contributed by atoms with Crippen LogP contribution in [0.4, 0.5) is 11.8 Å². The lowest BCUT2D eigenvalue weighted by atomic mass is 9.90. The molecule has 0 spiro atoms. The van der Waals surface area contributed by atoms with E-state index in [0.29, 0.717) is 17.6 Å². The van der Waals surface area contributed by atoms with Gasteiger partial charge in [-0.25, -0.2) is 4.98 Å². The highest BCUT2D eigenvalue weighted by molar-refractivity contribution is 6.06. The zero-order valence-electron chi connectivity index (χ0n) is 16.9. The molecule has 1 saturated carbocycles. The third-order valence-electron chi connectivity index (χ3n) is 5.85. The quantitative estimate of drug-likeness (QED) is 0.812. The molecule has 2 aliphatic carbocycles. The summed E-state index contributed by atoms with van der Waals surface area (Å²) in [6.45, 7) is 0. The maximum atomic E-state index is 12.8. The van der Waals surface area contributed by atoms with Crippen LogP contribution in [0.2, 0.25) is 0 Å². The van der Waals surface area contributed by atoms with Crippen LogP contribution >= 0.6 is 0 Å². The van der Waals surface area contributed by atoms with Gasteiger partial charge in [-0.1, -0.05) is 24.3 Å². The molecule has 0 radical (unpaired) electrons. The molecule has 0 aliphatic heterocycles. The number of rotatable bonds is 5. The molecular weight excluding hydrogens is 366 g/mol. The number of aromatic nitrogens is 2.